The van der Waals surface area contributed by atoms with Crippen molar-refractivity contribution < 1.29 is 0 Å². The first-order chi connectivity index (χ1) is 8.31. The third kappa shape index (κ3) is 3.39. The molecule has 1 aliphatic rings. The van der Waals surface area contributed by atoms with Crippen molar-refractivity contribution >= 4 is 11.3 Å². The van der Waals surface area contributed by atoms with Crippen LogP contribution in [0.3, 0.4) is 0 Å². The van der Waals surface area contributed by atoms with Crippen LogP contribution in [0.15, 0.2) is 17.0 Å². The molecule has 0 amide bonds. The predicted octanol–water partition coefficient (Wildman–Crippen LogP) is 3.99. The molecule has 1 heterocycles. The monoisotopic (exact) mass is 250 g/mol. The summed E-state index contributed by atoms with van der Waals surface area (Å²) in [7, 11) is 2.04. The van der Waals surface area contributed by atoms with Crippen LogP contribution in [0.5, 0.6) is 0 Å². The van der Waals surface area contributed by atoms with Crippen LogP contribution < -0.4 is 5.32 Å². The number of likely N-dealkylation sites (N-methyl/N-ethyl adjacent to an activating group) is 1. The second kappa shape index (κ2) is 6.31. The summed E-state index contributed by atoms with van der Waals surface area (Å²) in [6.07, 6.45) is 10.3. The lowest BCUT2D eigenvalue weighted by Gasteiger charge is -2.20. The Kier molecular flexibility index (Phi) is 4.75. The zero-order valence-electron chi connectivity index (χ0n) is 10.8. The van der Waals surface area contributed by atoms with Crippen LogP contribution in [0.4, 0.5) is 0 Å². The molecule has 94 valence electrons. The second-order valence-corrected chi connectivity index (χ2v) is 5.81. The molecule has 0 radical (unpaired) electrons. The highest BCUT2D eigenvalue weighted by Gasteiger charge is 2.17. The lowest BCUT2D eigenvalue weighted by Crippen LogP contribution is -2.19. The first-order valence-electron chi connectivity index (χ1n) is 6.59. The molecule has 1 aromatic rings. The molecule has 2 nitrogen and oxygen atoms in total. The highest BCUT2D eigenvalue weighted by Crippen LogP contribution is 2.29. The number of aromatic nitrogens is 1. The molecule has 0 spiro atoms. The van der Waals surface area contributed by atoms with E-state index in [0.717, 1.165) is 5.01 Å². The van der Waals surface area contributed by atoms with Gasteiger partial charge in [-0.25, -0.2) is 4.98 Å². The number of hydrogen-bond acceptors (Lipinski definition) is 3. The summed E-state index contributed by atoms with van der Waals surface area (Å²) < 4.78 is 0. The maximum absolute atomic E-state index is 4.63. The van der Waals surface area contributed by atoms with E-state index in [9.17, 15) is 0 Å². The number of rotatable bonds is 3. The molecule has 0 saturated heterocycles. The van der Waals surface area contributed by atoms with Crippen molar-refractivity contribution in [2.24, 2.45) is 0 Å². The molecule has 1 N–H and O–H groups in total. The molecular weight excluding hydrogens is 228 g/mol. The van der Waals surface area contributed by atoms with Crippen molar-refractivity contribution in [2.75, 3.05) is 7.05 Å². The molecule has 17 heavy (non-hydrogen) atoms. The summed E-state index contributed by atoms with van der Waals surface area (Å²) >= 11 is 1.74. The van der Waals surface area contributed by atoms with Crippen LogP contribution in [0.2, 0.25) is 0 Å². The van der Waals surface area contributed by atoms with E-state index in [0.29, 0.717) is 6.04 Å². The van der Waals surface area contributed by atoms with Crippen LogP contribution in [0.25, 0.3) is 0 Å². The van der Waals surface area contributed by atoms with Gasteiger partial charge in [-0.1, -0.05) is 24.5 Å². The molecule has 0 aliphatic heterocycles. The minimum Gasteiger partial charge on any atom is -0.308 e. The Labute approximate surface area is 108 Å². The number of thiazole rings is 1. The summed E-state index contributed by atoms with van der Waals surface area (Å²) in [6, 6.07) is 0.332. The summed E-state index contributed by atoms with van der Waals surface area (Å²) in [4.78, 5) is 4.63. The van der Waals surface area contributed by atoms with E-state index in [-0.39, 0.29) is 0 Å². The number of allylic oxidation sites excluding steroid dienone is 1. The molecule has 0 aromatic carbocycles. The van der Waals surface area contributed by atoms with Gasteiger partial charge >= 0.3 is 0 Å². The van der Waals surface area contributed by atoms with Crippen molar-refractivity contribution in [3.63, 3.8) is 0 Å². The minimum absolute atomic E-state index is 0.332. The lowest BCUT2D eigenvalue weighted by atomic mass is 9.94. The zero-order valence-corrected chi connectivity index (χ0v) is 11.6. The second-order valence-electron chi connectivity index (χ2n) is 4.75. The van der Waals surface area contributed by atoms with E-state index in [1.807, 2.05) is 7.05 Å². The Hall–Kier alpha value is -0.670. The third-order valence-corrected chi connectivity index (χ3v) is 4.21. The fourth-order valence-corrected chi connectivity index (χ4v) is 3.15. The van der Waals surface area contributed by atoms with Crippen molar-refractivity contribution in [3.8, 4) is 0 Å². The molecule has 1 unspecified atom stereocenters. The lowest BCUT2D eigenvalue weighted by molar-refractivity contribution is 0.568. The number of hydrogen-bond donors (Lipinski definition) is 1. The van der Waals surface area contributed by atoms with E-state index in [4.69, 9.17) is 0 Å². The van der Waals surface area contributed by atoms with E-state index >= 15 is 0 Å². The van der Waals surface area contributed by atoms with Gasteiger partial charge < -0.3 is 5.32 Å². The Bertz CT molecular complexity index is 381. The van der Waals surface area contributed by atoms with Crippen LogP contribution in [-0.4, -0.2) is 12.0 Å². The summed E-state index contributed by atoms with van der Waals surface area (Å²) in [5, 5.41) is 6.78. The maximum atomic E-state index is 4.63. The third-order valence-electron chi connectivity index (χ3n) is 3.42. The van der Waals surface area contributed by atoms with Crippen LogP contribution in [-0.2, 0) is 0 Å². The molecule has 2 rings (SSSR count). The SMILES string of the molecule is CNC(C1=CCCCCCC1)c1csc(C)n1. The quantitative estimate of drug-likeness (QED) is 0.820. The van der Waals surface area contributed by atoms with Gasteiger partial charge in [0.2, 0.25) is 0 Å². The van der Waals surface area contributed by atoms with Gasteiger partial charge in [0.15, 0.2) is 0 Å². The van der Waals surface area contributed by atoms with E-state index < -0.39 is 0 Å². The molecule has 0 bridgehead atoms. The van der Waals surface area contributed by atoms with Gasteiger partial charge in [-0.2, -0.15) is 0 Å². The van der Waals surface area contributed by atoms with Crippen molar-refractivity contribution in [2.45, 2.75) is 51.5 Å². The van der Waals surface area contributed by atoms with Crippen LogP contribution in [0, 0.1) is 6.92 Å². The summed E-state index contributed by atoms with van der Waals surface area (Å²) in [6.45, 7) is 2.08. The van der Waals surface area contributed by atoms with Gasteiger partial charge in [0.05, 0.1) is 16.7 Å². The average molecular weight is 250 g/mol. The average Bonchev–Trinajstić information content (AvgIpc) is 2.68. The highest BCUT2D eigenvalue weighted by molar-refractivity contribution is 7.09. The number of nitrogens with one attached hydrogen (secondary N) is 1. The smallest absolute Gasteiger partial charge is 0.0898 e. The molecule has 3 heteroatoms. The fourth-order valence-electron chi connectivity index (χ4n) is 2.51. The fraction of sp³-hybridized carbons (Fsp3) is 0.643. The van der Waals surface area contributed by atoms with E-state index in [1.165, 1.54) is 49.8 Å². The van der Waals surface area contributed by atoms with Crippen molar-refractivity contribution in [1.82, 2.24) is 10.3 Å². The molecule has 1 aromatic heterocycles. The highest BCUT2D eigenvalue weighted by atomic mass is 32.1. The normalized spacial score (nSPS) is 19.3. The van der Waals surface area contributed by atoms with Gasteiger partial charge in [-0.05, 0) is 39.7 Å². The van der Waals surface area contributed by atoms with Crippen molar-refractivity contribution in [3.05, 3.63) is 27.7 Å². The van der Waals surface area contributed by atoms with Gasteiger partial charge in [-0.15, -0.1) is 11.3 Å². The first-order valence-corrected chi connectivity index (χ1v) is 7.47. The van der Waals surface area contributed by atoms with Gasteiger partial charge in [0, 0.05) is 5.38 Å². The van der Waals surface area contributed by atoms with Crippen LogP contribution >= 0.6 is 11.3 Å². The van der Waals surface area contributed by atoms with Gasteiger partial charge in [-0.3, -0.25) is 0 Å². The minimum atomic E-state index is 0.332. The molecule has 0 fully saturated rings. The predicted molar refractivity (Wildman–Crippen MR) is 74.4 cm³/mol. The Morgan fingerprint density at radius 3 is 2.82 bits per heavy atom. The number of aryl methyl sites for hydroxylation is 1. The van der Waals surface area contributed by atoms with Crippen LogP contribution in [0.1, 0.15) is 55.3 Å². The van der Waals surface area contributed by atoms with Gasteiger partial charge in [0.1, 0.15) is 0 Å². The zero-order chi connectivity index (χ0) is 12.1. The van der Waals surface area contributed by atoms with Crippen molar-refractivity contribution in [1.29, 1.82) is 0 Å². The summed E-state index contributed by atoms with van der Waals surface area (Å²) in [5.41, 5.74) is 2.74. The topological polar surface area (TPSA) is 24.9 Å². The first kappa shape index (κ1) is 12.8. The van der Waals surface area contributed by atoms with Gasteiger partial charge in [0.25, 0.3) is 0 Å². The molecular formula is C14H22N2S. The summed E-state index contributed by atoms with van der Waals surface area (Å²) in [5.74, 6) is 0. The largest absolute Gasteiger partial charge is 0.308 e. The molecule has 1 aliphatic carbocycles. The number of nitrogens with zero attached hydrogens (tertiary/aromatic N) is 1. The Balaban J connectivity index is 2.16. The standard InChI is InChI=1S/C14H22N2S/c1-11-16-13(10-17-11)14(15-2)12-8-6-4-3-5-7-9-12/h8,10,14-15H,3-7,9H2,1-2H3. The Morgan fingerprint density at radius 2 is 2.12 bits per heavy atom. The molecule has 0 saturated carbocycles. The Morgan fingerprint density at radius 1 is 1.29 bits per heavy atom. The maximum Gasteiger partial charge on any atom is 0.0898 e. The van der Waals surface area contributed by atoms with E-state index in [1.54, 1.807) is 11.3 Å². The van der Waals surface area contributed by atoms with E-state index in [2.05, 4.69) is 28.7 Å². The molecule has 1 atom stereocenters.